The minimum atomic E-state index is -5.00. The van der Waals surface area contributed by atoms with Crippen LogP contribution in [0.5, 0.6) is 0 Å². The molecule has 1 saturated heterocycles. The minimum Gasteiger partial charge on any atom is -0.501 e. The van der Waals surface area contributed by atoms with Gasteiger partial charge in [0.25, 0.3) is 0 Å². The molecule has 0 bridgehead atoms. The van der Waals surface area contributed by atoms with E-state index in [0.29, 0.717) is 30.7 Å². The molecule has 1 heterocycles. The Morgan fingerprint density at radius 2 is 1.73 bits per heavy atom. The maximum absolute atomic E-state index is 13.4. The smallest absolute Gasteiger partial charge is 0.416 e. The molecule has 0 N–H and O–H groups in total. The summed E-state index contributed by atoms with van der Waals surface area (Å²) in [5, 5.41) is 0. The van der Waals surface area contributed by atoms with E-state index in [0.717, 1.165) is 23.1 Å². The van der Waals surface area contributed by atoms with Crippen LogP contribution in [0.1, 0.15) is 69.8 Å². The first-order valence-corrected chi connectivity index (χ1v) is 11.8. The number of hydrogen-bond donors (Lipinski definition) is 0. The lowest BCUT2D eigenvalue weighted by atomic mass is 9.72. The van der Waals surface area contributed by atoms with Crippen LogP contribution >= 0.6 is 0 Å². The van der Waals surface area contributed by atoms with Crippen molar-refractivity contribution in [3.05, 3.63) is 70.0 Å². The maximum Gasteiger partial charge on any atom is 0.416 e. The van der Waals surface area contributed by atoms with Crippen LogP contribution in [-0.4, -0.2) is 30.7 Å². The van der Waals surface area contributed by atoms with Crippen LogP contribution in [-0.2, 0) is 21.8 Å². The summed E-state index contributed by atoms with van der Waals surface area (Å²) in [6.45, 7) is 11.6. The van der Waals surface area contributed by atoms with Gasteiger partial charge in [0.15, 0.2) is 0 Å². The molecule has 0 saturated carbocycles. The molecule has 204 valence electrons. The largest absolute Gasteiger partial charge is 0.501 e. The number of hydrogen-bond acceptors (Lipinski definition) is 3. The molecular formula is C27H31F6NO3. The summed E-state index contributed by atoms with van der Waals surface area (Å²) < 4.78 is 91.1. The van der Waals surface area contributed by atoms with Gasteiger partial charge < -0.3 is 9.47 Å². The van der Waals surface area contributed by atoms with E-state index in [9.17, 15) is 31.1 Å². The molecule has 1 aliphatic carbocycles. The van der Waals surface area contributed by atoms with Gasteiger partial charge in [-0.15, -0.1) is 0 Å². The highest BCUT2D eigenvalue weighted by molar-refractivity contribution is 5.71. The van der Waals surface area contributed by atoms with Crippen molar-refractivity contribution in [3.63, 3.8) is 0 Å². The lowest BCUT2D eigenvalue weighted by molar-refractivity contribution is -0.143. The van der Waals surface area contributed by atoms with Gasteiger partial charge in [-0.05, 0) is 73.4 Å². The molecule has 1 aromatic carbocycles. The predicted octanol–water partition coefficient (Wildman–Crippen LogP) is 8.22. The van der Waals surface area contributed by atoms with E-state index < -0.39 is 41.7 Å². The lowest BCUT2D eigenvalue weighted by Gasteiger charge is -2.36. The minimum absolute atomic E-state index is 0.0607. The first kappa shape index (κ1) is 28.7. The van der Waals surface area contributed by atoms with Gasteiger partial charge in [0, 0.05) is 12.1 Å². The third-order valence-corrected chi connectivity index (χ3v) is 7.08. The molecule has 0 radical (unpaired) electrons. The van der Waals surface area contributed by atoms with Crippen molar-refractivity contribution in [3.8, 4) is 0 Å². The Bertz CT molecular complexity index is 1100. The molecule has 3 rings (SSSR count). The summed E-state index contributed by atoms with van der Waals surface area (Å²) in [6, 6.07) is 0.477. The lowest BCUT2D eigenvalue weighted by Crippen LogP contribution is -2.36. The zero-order valence-corrected chi connectivity index (χ0v) is 21.4. The second-order valence-electron chi connectivity index (χ2n) is 10.3. The SMILES string of the molecule is C=C/C(C1=C(CN2C(=O)O[C@H](c3cc(C(F)(F)F)cc(C(F)(F)F)c3)[C@@H]2C)CC(C)(C)CC1)=C(\C)OC. The van der Waals surface area contributed by atoms with E-state index >= 15 is 0 Å². The van der Waals surface area contributed by atoms with Crippen molar-refractivity contribution < 1.29 is 40.6 Å². The molecule has 1 amide bonds. The second-order valence-corrected chi connectivity index (χ2v) is 10.3. The van der Waals surface area contributed by atoms with Crippen LogP contribution in [0.4, 0.5) is 31.1 Å². The summed E-state index contributed by atoms with van der Waals surface area (Å²) in [6.07, 6.45) is -8.19. The van der Waals surface area contributed by atoms with Gasteiger partial charge in [0.1, 0.15) is 6.10 Å². The third-order valence-electron chi connectivity index (χ3n) is 7.08. The maximum atomic E-state index is 13.4. The fourth-order valence-corrected chi connectivity index (χ4v) is 4.99. The van der Waals surface area contributed by atoms with Gasteiger partial charge in [-0.1, -0.05) is 26.5 Å². The van der Waals surface area contributed by atoms with Crippen molar-refractivity contribution in [2.75, 3.05) is 13.7 Å². The number of allylic oxidation sites excluding steroid dienone is 4. The van der Waals surface area contributed by atoms with Crippen LogP contribution in [0.2, 0.25) is 0 Å². The monoisotopic (exact) mass is 531 g/mol. The average molecular weight is 532 g/mol. The molecule has 0 aromatic heterocycles. The van der Waals surface area contributed by atoms with Gasteiger partial charge >= 0.3 is 18.4 Å². The molecule has 2 atom stereocenters. The van der Waals surface area contributed by atoms with E-state index in [-0.39, 0.29) is 23.6 Å². The number of carbonyl (C=O) groups is 1. The zero-order valence-electron chi connectivity index (χ0n) is 21.4. The van der Waals surface area contributed by atoms with Crippen LogP contribution in [0, 0.1) is 5.41 Å². The molecule has 10 heteroatoms. The number of nitrogens with zero attached hydrogens (tertiary/aromatic N) is 1. The topological polar surface area (TPSA) is 38.8 Å². The summed E-state index contributed by atoms with van der Waals surface area (Å²) in [5.74, 6) is 0.653. The van der Waals surface area contributed by atoms with E-state index in [4.69, 9.17) is 9.47 Å². The van der Waals surface area contributed by atoms with Crippen LogP contribution in [0.15, 0.2) is 53.3 Å². The Morgan fingerprint density at radius 1 is 1.16 bits per heavy atom. The molecule has 4 nitrogen and oxygen atoms in total. The first-order chi connectivity index (χ1) is 17.0. The first-order valence-electron chi connectivity index (χ1n) is 11.8. The van der Waals surface area contributed by atoms with Crippen LogP contribution < -0.4 is 0 Å². The molecule has 1 fully saturated rings. The normalized spacial score (nSPS) is 23.1. The van der Waals surface area contributed by atoms with Crippen molar-refractivity contribution in [2.24, 2.45) is 5.41 Å². The Balaban J connectivity index is 2.02. The second kappa shape index (κ2) is 10.1. The van der Waals surface area contributed by atoms with Crippen LogP contribution in [0.3, 0.4) is 0 Å². The standard InChI is InChI=1S/C27H31F6NO3/c1-7-21(16(3)36-6)22-8-9-25(4,5)13-18(22)14-34-15(2)23(37-24(34)35)17-10-19(26(28,29)30)12-20(11-17)27(31,32)33/h7,10-12,15,23H,1,8-9,13-14H2,2-6H3/b21-16-/t15-,23-/m0/s1. The van der Waals surface area contributed by atoms with Gasteiger partial charge in [-0.25, -0.2) is 4.79 Å². The summed E-state index contributed by atoms with van der Waals surface area (Å²) >= 11 is 0. The van der Waals surface area contributed by atoms with Crippen molar-refractivity contribution in [1.29, 1.82) is 0 Å². The Labute approximate surface area is 212 Å². The van der Waals surface area contributed by atoms with Gasteiger partial charge in [0.05, 0.1) is 30.0 Å². The number of benzene rings is 1. The Morgan fingerprint density at radius 3 is 2.22 bits per heavy atom. The average Bonchev–Trinajstić information content (AvgIpc) is 3.07. The van der Waals surface area contributed by atoms with E-state index in [1.54, 1.807) is 27.0 Å². The zero-order chi connectivity index (χ0) is 27.9. The number of halogens is 6. The molecular weight excluding hydrogens is 500 g/mol. The molecule has 1 aromatic rings. The Hall–Kier alpha value is -2.91. The van der Waals surface area contributed by atoms with E-state index in [2.05, 4.69) is 20.4 Å². The Kier molecular flexibility index (Phi) is 7.82. The van der Waals surface area contributed by atoms with Crippen molar-refractivity contribution in [1.82, 2.24) is 4.90 Å². The molecule has 37 heavy (non-hydrogen) atoms. The molecule has 0 unspecified atom stereocenters. The van der Waals surface area contributed by atoms with Crippen molar-refractivity contribution in [2.45, 2.75) is 71.5 Å². The third kappa shape index (κ3) is 6.15. The highest BCUT2D eigenvalue weighted by Crippen LogP contribution is 2.44. The predicted molar refractivity (Wildman–Crippen MR) is 126 cm³/mol. The number of carbonyl (C=O) groups excluding carboxylic acids is 1. The van der Waals surface area contributed by atoms with Gasteiger partial charge in [-0.2, -0.15) is 26.3 Å². The molecule has 2 aliphatic rings. The number of rotatable bonds is 6. The van der Waals surface area contributed by atoms with Crippen LogP contribution in [0.25, 0.3) is 0 Å². The highest BCUT2D eigenvalue weighted by atomic mass is 19.4. The van der Waals surface area contributed by atoms with Gasteiger partial charge in [0.2, 0.25) is 0 Å². The molecule has 0 spiro atoms. The van der Waals surface area contributed by atoms with Gasteiger partial charge in [-0.3, -0.25) is 4.90 Å². The quantitative estimate of drug-likeness (QED) is 0.211. The number of alkyl halides is 6. The fourth-order valence-electron chi connectivity index (χ4n) is 4.99. The van der Waals surface area contributed by atoms with Crippen molar-refractivity contribution >= 4 is 6.09 Å². The summed E-state index contributed by atoms with van der Waals surface area (Å²) in [7, 11) is 1.54. The number of ether oxygens (including phenoxy) is 2. The number of methoxy groups -OCH3 is 1. The molecule has 1 aliphatic heterocycles. The highest BCUT2D eigenvalue weighted by Gasteiger charge is 2.44. The number of cyclic esters (lactones) is 1. The number of amides is 1. The summed E-state index contributed by atoms with van der Waals surface area (Å²) in [4.78, 5) is 14.2. The van der Waals surface area contributed by atoms with E-state index in [1.807, 2.05) is 0 Å². The summed E-state index contributed by atoms with van der Waals surface area (Å²) in [5.41, 5.74) is -0.630. The van der Waals surface area contributed by atoms with E-state index in [1.165, 1.54) is 4.90 Å². The fraction of sp³-hybridized carbons (Fsp3) is 0.519.